The molecule has 4 amide bonds. The molecular weight excluding hydrogens is 326 g/mol. The van der Waals surface area contributed by atoms with Gasteiger partial charge in [-0.15, -0.1) is 0 Å². The van der Waals surface area contributed by atoms with Crippen molar-refractivity contribution < 1.29 is 28.0 Å². The fourth-order valence-electron chi connectivity index (χ4n) is 2.37. The average molecular weight is 340 g/mol. The summed E-state index contributed by atoms with van der Waals surface area (Å²) in [6, 6.07) is 0.861. The van der Waals surface area contributed by atoms with Crippen LogP contribution in [0.4, 0.5) is 14.5 Å². The fourth-order valence-corrected chi connectivity index (χ4v) is 2.37. The number of anilines is 1. The molecule has 1 saturated heterocycles. The van der Waals surface area contributed by atoms with Crippen molar-refractivity contribution in [3.63, 3.8) is 0 Å². The van der Waals surface area contributed by atoms with Crippen LogP contribution in [0.1, 0.15) is 6.42 Å². The lowest BCUT2D eigenvalue weighted by atomic mass is 10.1. The summed E-state index contributed by atoms with van der Waals surface area (Å²) >= 11 is 0. The smallest absolute Gasteiger partial charge is 0.249 e. The van der Waals surface area contributed by atoms with Gasteiger partial charge in [0, 0.05) is 24.7 Å². The van der Waals surface area contributed by atoms with Gasteiger partial charge in [0.2, 0.25) is 23.6 Å². The van der Waals surface area contributed by atoms with Gasteiger partial charge in [0.15, 0.2) is 6.04 Å². The first-order chi connectivity index (χ1) is 11.2. The number of carbonyl (C=O) groups excluding carboxylic acids is 4. The molecule has 24 heavy (non-hydrogen) atoms. The zero-order valence-corrected chi connectivity index (χ0v) is 12.3. The molecule has 2 rings (SSSR count). The number of nitrogens with zero attached hydrogens (tertiary/aromatic N) is 1. The summed E-state index contributed by atoms with van der Waals surface area (Å²) in [5.41, 5.74) is 9.86. The molecule has 10 heteroatoms. The van der Waals surface area contributed by atoms with E-state index in [1.807, 2.05) is 0 Å². The van der Waals surface area contributed by atoms with E-state index >= 15 is 0 Å². The Morgan fingerprint density at radius 1 is 1.12 bits per heavy atom. The maximum absolute atomic E-state index is 13.3. The molecule has 0 radical (unpaired) electrons. The number of amides is 4. The van der Waals surface area contributed by atoms with Crippen molar-refractivity contribution in [1.29, 1.82) is 0 Å². The number of benzene rings is 1. The Bertz CT molecular complexity index is 690. The van der Waals surface area contributed by atoms with Crippen LogP contribution in [-0.4, -0.2) is 36.2 Å². The number of hydrogen-bond donors (Lipinski definition) is 3. The van der Waals surface area contributed by atoms with Crippen molar-refractivity contribution >= 4 is 29.3 Å². The van der Waals surface area contributed by atoms with Crippen molar-refractivity contribution in [1.82, 2.24) is 5.32 Å². The minimum Gasteiger partial charge on any atom is -0.367 e. The van der Waals surface area contributed by atoms with Crippen molar-refractivity contribution in [3.8, 4) is 0 Å². The van der Waals surface area contributed by atoms with Crippen LogP contribution in [0.25, 0.3) is 0 Å². The highest BCUT2D eigenvalue weighted by atomic mass is 19.1. The van der Waals surface area contributed by atoms with Gasteiger partial charge in [-0.05, 0) is 12.1 Å². The van der Waals surface area contributed by atoms with Gasteiger partial charge in [0.25, 0.3) is 0 Å². The molecular formula is C14H14F2N4O4. The van der Waals surface area contributed by atoms with Crippen molar-refractivity contribution in [3.05, 3.63) is 29.8 Å². The van der Waals surface area contributed by atoms with Crippen LogP contribution in [0, 0.1) is 17.6 Å². The van der Waals surface area contributed by atoms with Gasteiger partial charge in [0.1, 0.15) is 11.6 Å². The van der Waals surface area contributed by atoms with Crippen LogP contribution < -0.4 is 21.7 Å². The molecule has 0 unspecified atom stereocenters. The first kappa shape index (κ1) is 17.3. The minimum atomic E-state index is -1.70. The maximum atomic E-state index is 13.3. The van der Waals surface area contributed by atoms with Gasteiger partial charge in [-0.2, -0.15) is 0 Å². The summed E-state index contributed by atoms with van der Waals surface area (Å²) in [4.78, 5) is 47.2. The monoisotopic (exact) mass is 340 g/mol. The van der Waals surface area contributed by atoms with Crippen molar-refractivity contribution in [2.45, 2.75) is 12.5 Å². The van der Waals surface area contributed by atoms with E-state index in [-0.39, 0.29) is 18.7 Å². The third-order valence-electron chi connectivity index (χ3n) is 3.51. The average Bonchev–Trinajstić information content (AvgIpc) is 2.84. The molecule has 0 spiro atoms. The zero-order chi connectivity index (χ0) is 18.0. The number of primary amides is 2. The third kappa shape index (κ3) is 3.65. The Labute approximate surface area is 134 Å². The molecule has 1 atom stereocenters. The van der Waals surface area contributed by atoms with Crippen LogP contribution in [-0.2, 0) is 19.2 Å². The summed E-state index contributed by atoms with van der Waals surface area (Å²) in [7, 11) is 0. The van der Waals surface area contributed by atoms with Crippen LogP contribution in [0.3, 0.4) is 0 Å². The molecule has 5 N–H and O–H groups in total. The molecule has 1 aromatic rings. The highest BCUT2D eigenvalue weighted by Crippen LogP contribution is 2.26. The standard InChI is InChI=1S/C14H14F2N4O4/c15-7-2-8(16)4-9(3-7)20-5-6(1-10(20)21)14(24)19-11(12(17)22)13(18)23/h2-4,6,11H,1,5H2,(H2,17,22)(H2,18,23)(H,19,24)/t6-/m0/s1. The number of carbonyl (C=O) groups is 4. The predicted octanol–water partition coefficient (Wildman–Crippen LogP) is -1.23. The molecule has 8 nitrogen and oxygen atoms in total. The quantitative estimate of drug-likeness (QED) is 0.578. The second-order valence-corrected chi connectivity index (χ2v) is 5.28. The van der Waals surface area contributed by atoms with Gasteiger partial charge < -0.3 is 21.7 Å². The summed E-state index contributed by atoms with van der Waals surface area (Å²) in [6.07, 6.45) is -0.256. The van der Waals surface area contributed by atoms with Crippen LogP contribution >= 0.6 is 0 Å². The first-order valence-corrected chi connectivity index (χ1v) is 6.84. The second kappa shape index (κ2) is 6.60. The number of hydrogen-bond acceptors (Lipinski definition) is 4. The molecule has 1 fully saturated rings. The van der Waals surface area contributed by atoms with E-state index in [9.17, 15) is 28.0 Å². The molecule has 0 bridgehead atoms. The van der Waals surface area contributed by atoms with Crippen LogP contribution in [0.5, 0.6) is 0 Å². The summed E-state index contributed by atoms with van der Waals surface area (Å²) in [5.74, 6) is -6.25. The SMILES string of the molecule is NC(=O)C(NC(=O)[C@H]1CC(=O)N(c2cc(F)cc(F)c2)C1)C(N)=O. The Balaban J connectivity index is 2.12. The number of rotatable bonds is 5. The molecule has 1 heterocycles. The van der Waals surface area contributed by atoms with E-state index in [0.29, 0.717) is 6.07 Å². The van der Waals surface area contributed by atoms with E-state index < -0.39 is 47.2 Å². The Hall–Kier alpha value is -3.04. The summed E-state index contributed by atoms with van der Waals surface area (Å²) in [6.45, 7) is -0.169. The largest absolute Gasteiger partial charge is 0.367 e. The molecule has 1 aromatic carbocycles. The fraction of sp³-hybridized carbons (Fsp3) is 0.286. The summed E-state index contributed by atoms with van der Waals surface area (Å²) in [5, 5.41) is 2.06. The van der Waals surface area contributed by atoms with Crippen LogP contribution in [0.2, 0.25) is 0 Å². The normalized spacial score (nSPS) is 17.2. The number of halogens is 2. The van der Waals surface area contributed by atoms with Gasteiger partial charge >= 0.3 is 0 Å². The molecule has 0 aromatic heterocycles. The Morgan fingerprint density at radius 3 is 2.17 bits per heavy atom. The van der Waals surface area contributed by atoms with E-state index in [4.69, 9.17) is 11.5 Å². The molecule has 0 saturated carbocycles. The summed E-state index contributed by atoms with van der Waals surface area (Å²) < 4.78 is 26.5. The Morgan fingerprint density at radius 2 is 1.67 bits per heavy atom. The van der Waals surface area contributed by atoms with E-state index in [2.05, 4.69) is 5.32 Å². The lowest BCUT2D eigenvalue weighted by molar-refractivity contribution is -0.135. The topological polar surface area (TPSA) is 136 Å². The molecule has 1 aliphatic rings. The second-order valence-electron chi connectivity index (χ2n) is 5.28. The number of nitrogens with two attached hydrogens (primary N) is 2. The van der Waals surface area contributed by atoms with Crippen molar-refractivity contribution in [2.24, 2.45) is 17.4 Å². The van der Waals surface area contributed by atoms with Crippen LogP contribution in [0.15, 0.2) is 18.2 Å². The van der Waals surface area contributed by atoms with E-state index in [1.165, 1.54) is 0 Å². The minimum absolute atomic E-state index is 0.0332. The highest BCUT2D eigenvalue weighted by molar-refractivity contribution is 6.07. The third-order valence-corrected chi connectivity index (χ3v) is 3.51. The first-order valence-electron chi connectivity index (χ1n) is 6.84. The van der Waals surface area contributed by atoms with Gasteiger partial charge in [0.05, 0.1) is 5.92 Å². The van der Waals surface area contributed by atoms with Gasteiger partial charge in [-0.3, -0.25) is 19.2 Å². The Kier molecular flexibility index (Phi) is 4.77. The number of nitrogens with one attached hydrogen (secondary N) is 1. The lowest BCUT2D eigenvalue weighted by Gasteiger charge is -2.18. The predicted molar refractivity (Wildman–Crippen MR) is 77.1 cm³/mol. The van der Waals surface area contributed by atoms with E-state index in [1.54, 1.807) is 0 Å². The molecule has 0 aliphatic carbocycles. The highest BCUT2D eigenvalue weighted by Gasteiger charge is 2.37. The van der Waals surface area contributed by atoms with Crippen molar-refractivity contribution in [2.75, 3.05) is 11.4 Å². The molecule has 128 valence electrons. The van der Waals surface area contributed by atoms with Gasteiger partial charge in [-0.1, -0.05) is 0 Å². The van der Waals surface area contributed by atoms with Gasteiger partial charge in [-0.25, -0.2) is 8.78 Å². The lowest BCUT2D eigenvalue weighted by Crippen LogP contribution is -2.54. The molecule has 1 aliphatic heterocycles. The maximum Gasteiger partial charge on any atom is 0.249 e. The zero-order valence-electron chi connectivity index (χ0n) is 12.3. The van der Waals surface area contributed by atoms with E-state index in [0.717, 1.165) is 17.0 Å².